The summed E-state index contributed by atoms with van der Waals surface area (Å²) in [7, 11) is -1.99. The molecular formula is C21H30N2O5S. The number of nitrogens with one attached hydrogen (secondary N) is 1. The average Bonchev–Trinajstić information content (AvgIpc) is 3.57. The van der Waals surface area contributed by atoms with Crippen LogP contribution in [0.4, 0.5) is 0 Å². The van der Waals surface area contributed by atoms with Gasteiger partial charge in [0.2, 0.25) is 10.0 Å². The molecule has 2 fully saturated rings. The number of nitrogens with zero attached hydrogens (tertiary/aromatic N) is 1. The molecule has 3 rings (SSSR count). The molecule has 0 unspecified atom stereocenters. The lowest BCUT2D eigenvalue weighted by molar-refractivity contribution is -0.124. The summed E-state index contributed by atoms with van der Waals surface area (Å²) in [6, 6.07) is 5.80. The van der Waals surface area contributed by atoms with Gasteiger partial charge in [-0.2, -0.15) is 4.31 Å². The van der Waals surface area contributed by atoms with Gasteiger partial charge in [0.05, 0.1) is 10.5 Å². The number of carbonyl (C=O) groups excluding carboxylic acids is 2. The molecule has 0 spiro atoms. The predicted molar refractivity (Wildman–Crippen MR) is 109 cm³/mol. The number of benzene rings is 1. The SMILES string of the molecule is C[C@H](NC(=O)COC(=O)c1ccc(S(=O)(=O)N(C)C2CCCCC2)cc1)C1CC1. The third kappa shape index (κ3) is 5.57. The fraction of sp³-hybridized carbons (Fsp3) is 0.619. The van der Waals surface area contributed by atoms with E-state index in [1.165, 1.54) is 28.6 Å². The lowest BCUT2D eigenvalue weighted by Crippen LogP contribution is -2.38. The largest absolute Gasteiger partial charge is 0.452 e. The molecule has 1 N–H and O–H groups in total. The quantitative estimate of drug-likeness (QED) is 0.650. The molecule has 0 saturated heterocycles. The Morgan fingerprint density at radius 2 is 1.72 bits per heavy atom. The molecule has 0 bridgehead atoms. The van der Waals surface area contributed by atoms with Gasteiger partial charge in [-0.25, -0.2) is 13.2 Å². The van der Waals surface area contributed by atoms with Crippen molar-refractivity contribution in [1.82, 2.24) is 9.62 Å². The van der Waals surface area contributed by atoms with E-state index in [9.17, 15) is 18.0 Å². The number of rotatable bonds is 8. The molecule has 0 aliphatic heterocycles. The zero-order chi connectivity index (χ0) is 21.0. The Morgan fingerprint density at radius 1 is 1.10 bits per heavy atom. The molecule has 1 amide bonds. The third-order valence-electron chi connectivity index (χ3n) is 5.91. The molecule has 2 saturated carbocycles. The molecule has 1 aromatic rings. The molecule has 7 nitrogen and oxygen atoms in total. The van der Waals surface area contributed by atoms with Crippen LogP contribution in [0.15, 0.2) is 29.2 Å². The van der Waals surface area contributed by atoms with Crippen molar-refractivity contribution in [1.29, 1.82) is 0 Å². The molecule has 1 atom stereocenters. The molecule has 160 valence electrons. The van der Waals surface area contributed by atoms with Crippen LogP contribution in [0.25, 0.3) is 0 Å². The Balaban J connectivity index is 1.55. The molecule has 2 aliphatic rings. The van der Waals surface area contributed by atoms with E-state index >= 15 is 0 Å². The van der Waals surface area contributed by atoms with Gasteiger partial charge in [-0.05, 0) is 62.8 Å². The van der Waals surface area contributed by atoms with Crippen molar-refractivity contribution >= 4 is 21.9 Å². The minimum Gasteiger partial charge on any atom is -0.452 e. The molecule has 8 heteroatoms. The Morgan fingerprint density at radius 3 is 2.31 bits per heavy atom. The van der Waals surface area contributed by atoms with Crippen molar-refractivity contribution in [3.63, 3.8) is 0 Å². The number of hydrogen-bond acceptors (Lipinski definition) is 5. The molecule has 2 aliphatic carbocycles. The molecule has 0 heterocycles. The summed E-state index contributed by atoms with van der Waals surface area (Å²) in [5.41, 5.74) is 0.215. The smallest absolute Gasteiger partial charge is 0.338 e. The Bertz CT molecular complexity index is 827. The van der Waals surface area contributed by atoms with Crippen molar-refractivity contribution in [2.45, 2.75) is 68.8 Å². The van der Waals surface area contributed by atoms with Gasteiger partial charge in [0.15, 0.2) is 6.61 Å². The Kier molecular flexibility index (Phi) is 6.95. The van der Waals surface area contributed by atoms with Crippen molar-refractivity contribution in [2.75, 3.05) is 13.7 Å². The molecular weight excluding hydrogens is 392 g/mol. The lowest BCUT2D eigenvalue weighted by Gasteiger charge is -2.30. The topological polar surface area (TPSA) is 92.8 Å². The third-order valence-corrected chi connectivity index (χ3v) is 7.83. The number of ether oxygens (including phenoxy) is 1. The maximum Gasteiger partial charge on any atom is 0.338 e. The second kappa shape index (κ2) is 9.26. The summed E-state index contributed by atoms with van der Waals surface area (Å²) >= 11 is 0. The number of amides is 1. The Hall–Kier alpha value is -1.93. The van der Waals surface area contributed by atoms with E-state index in [0.29, 0.717) is 5.92 Å². The summed E-state index contributed by atoms with van der Waals surface area (Å²) in [4.78, 5) is 24.2. The summed E-state index contributed by atoms with van der Waals surface area (Å²) in [5.74, 6) is -0.453. The minimum atomic E-state index is -3.61. The van der Waals surface area contributed by atoms with E-state index in [4.69, 9.17) is 4.74 Å². The van der Waals surface area contributed by atoms with Gasteiger partial charge in [-0.1, -0.05) is 19.3 Å². The number of esters is 1. The fourth-order valence-corrected chi connectivity index (χ4v) is 5.21. The van der Waals surface area contributed by atoms with E-state index in [1.54, 1.807) is 7.05 Å². The zero-order valence-corrected chi connectivity index (χ0v) is 17.9. The van der Waals surface area contributed by atoms with Crippen LogP contribution in [0.1, 0.15) is 62.2 Å². The standard InChI is InChI=1S/C21H30N2O5S/c1-15(16-8-9-16)22-20(24)14-28-21(25)17-10-12-19(13-11-17)29(26,27)23(2)18-6-4-3-5-7-18/h10-13,15-16,18H,3-9,14H2,1-2H3,(H,22,24)/t15-/m0/s1. The highest BCUT2D eigenvalue weighted by Crippen LogP contribution is 2.32. The molecule has 0 radical (unpaired) electrons. The maximum atomic E-state index is 12.8. The highest BCUT2D eigenvalue weighted by atomic mass is 32.2. The first-order valence-electron chi connectivity index (χ1n) is 10.3. The van der Waals surface area contributed by atoms with Crippen LogP contribution in [-0.4, -0.2) is 50.3 Å². The minimum absolute atomic E-state index is 0.0231. The predicted octanol–water partition coefficient (Wildman–Crippen LogP) is 2.71. The van der Waals surface area contributed by atoms with Crippen molar-refractivity contribution < 1.29 is 22.7 Å². The van der Waals surface area contributed by atoms with Gasteiger partial charge in [-0.3, -0.25) is 4.79 Å². The average molecular weight is 423 g/mol. The monoisotopic (exact) mass is 422 g/mol. The van der Waals surface area contributed by atoms with Crippen LogP contribution in [0.5, 0.6) is 0 Å². The van der Waals surface area contributed by atoms with Crippen LogP contribution in [0, 0.1) is 5.92 Å². The summed E-state index contributed by atoms with van der Waals surface area (Å²) < 4.78 is 32.2. The molecule has 0 aromatic heterocycles. The second-order valence-electron chi connectivity index (χ2n) is 8.11. The van der Waals surface area contributed by atoms with Gasteiger partial charge < -0.3 is 10.1 Å². The second-order valence-corrected chi connectivity index (χ2v) is 10.1. The normalized spacial score (nSPS) is 19.0. The van der Waals surface area contributed by atoms with E-state index < -0.39 is 16.0 Å². The van der Waals surface area contributed by atoms with E-state index in [0.717, 1.165) is 44.9 Å². The summed E-state index contributed by atoms with van der Waals surface area (Å²) in [5, 5.41) is 2.82. The van der Waals surface area contributed by atoms with Crippen molar-refractivity contribution in [3.8, 4) is 0 Å². The van der Waals surface area contributed by atoms with Crippen LogP contribution in [0.2, 0.25) is 0 Å². The zero-order valence-electron chi connectivity index (χ0n) is 17.1. The van der Waals surface area contributed by atoms with Gasteiger partial charge in [0.1, 0.15) is 0 Å². The van der Waals surface area contributed by atoms with Crippen LogP contribution < -0.4 is 5.32 Å². The Labute approximate surface area is 172 Å². The van der Waals surface area contributed by atoms with Crippen LogP contribution in [0.3, 0.4) is 0 Å². The lowest BCUT2D eigenvalue weighted by atomic mass is 9.96. The van der Waals surface area contributed by atoms with E-state index in [1.807, 2.05) is 6.92 Å². The first-order chi connectivity index (χ1) is 13.8. The van der Waals surface area contributed by atoms with Crippen molar-refractivity contribution in [3.05, 3.63) is 29.8 Å². The van der Waals surface area contributed by atoms with Gasteiger partial charge >= 0.3 is 5.97 Å². The number of hydrogen-bond donors (Lipinski definition) is 1. The first-order valence-corrected chi connectivity index (χ1v) is 11.8. The molecule has 29 heavy (non-hydrogen) atoms. The van der Waals surface area contributed by atoms with Gasteiger partial charge in [0, 0.05) is 19.1 Å². The number of sulfonamides is 1. The first kappa shape index (κ1) is 21.8. The van der Waals surface area contributed by atoms with Gasteiger partial charge in [0.25, 0.3) is 5.91 Å². The highest BCUT2D eigenvalue weighted by Gasteiger charge is 2.30. The molecule has 1 aromatic carbocycles. The van der Waals surface area contributed by atoms with Crippen LogP contribution >= 0.6 is 0 Å². The summed E-state index contributed by atoms with van der Waals surface area (Å²) in [6.45, 7) is 1.60. The van der Waals surface area contributed by atoms with Crippen LogP contribution in [-0.2, 0) is 19.6 Å². The summed E-state index contributed by atoms with van der Waals surface area (Å²) in [6.07, 6.45) is 7.23. The van der Waals surface area contributed by atoms with Crippen molar-refractivity contribution in [2.24, 2.45) is 5.92 Å². The maximum absolute atomic E-state index is 12.8. The van der Waals surface area contributed by atoms with Gasteiger partial charge in [-0.15, -0.1) is 0 Å². The number of carbonyl (C=O) groups is 2. The van der Waals surface area contributed by atoms with E-state index in [2.05, 4.69) is 5.32 Å². The fourth-order valence-electron chi connectivity index (χ4n) is 3.79. The van der Waals surface area contributed by atoms with E-state index in [-0.39, 0.29) is 35.1 Å². The highest BCUT2D eigenvalue weighted by molar-refractivity contribution is 7.89.